The molecule has 7 heteroatoms. The zero-order valence-electron chi connectivity index (χ0n) is 14.9. The highest BCUT2D eigenvalue weighted by molar-refractivity contribution is 14.0. The Bertz CT molecular complexity index is 373. The van der Waals surface area contributed by atoms with Gasteiger partial charge in [0.25, 0.3) is 0 Å². The van der Waals surface area contributed by atoms with E-state index in [2.05, 4.69) is 41.7 Å². The molecule has 2 atom stereocenters. The summed E-state index contributed by atoms with van der Waals surface area (Å²) in [5.41, 5.74) is 0. The molecule has 1 amide bonds. The van der Waals surface area contributed by atoms with Gasteiger partial charge in [0, 0.05) is 30.3 Å². The summed E-state index contributed by atoms with van der Waals surface area (Å²) in [6.07, 6.45) is 3.95. The van der Waals surface area contributed by atoms with Gasteiger partial charge in [-0.3, -0.25) is 9.79 Å². The van der Waals surface area contributed by atoms with E-state index in [9.17, 15) is 4.79 Å². The van der Waals surface area contributed by atoms with Crippen LogP contribution in [0.25, 0.3) is 0 Å². The first-order valence-electron chi connectivity index (χ1n) is 8.44. The second kappa shape index (κ2) is 12.2. The number of hydrogen-bond acceptors (Lipinski definition) is 3. The highest BCUT2D eigenvalue weighted by atomic mass is 127. The van der Waals surface area contributed by atoms with Gasteiger partial charge in [0.05, 0.1) is 6.54 Å². The van der Waals surface area contributed by atoms with Crippen LogP contribution in [0.4, 0.5) is 0 Å². The lowest BCUT2D eigenvalue weighted by Gasteiger charge is -2.21. The zero-order chi connectivity index (χ0) is 16.4. The number of thioether (sulfide) groups is 1. The van der Waals surface area contributed by atoms with Gasteiger partial charge in [-0.15, -0.1) is 24.0 Å². The second-order valence-corrected chi connectivity index (χ2v) is 7.83. The molecule has 5 nitrogen and oxygen atoms in total. The van der Waals surface area contributed by atoms with Gasteiger partial charge in [0.2, 0.25) is 5.91 Å². The van der Waals surface area contributed by atoms with Crippen LogP contribution < -0.4 is 16.0 Å². The Hall–Kier alpha value is -0.180. The number of halogens is 1. The molecule has 0 aliphatic carbocycles. The van der Waals surface area contributed by atoms with Gasteiger partial charge < -0.3 is 16.0 Å². The van der Waals surface area contributed by atoms with Gasteiger partial charge in [0.1, 0.15) is 0 Å². The van der Waals surface area contributed by atoms with Crippen molar-refractivity contribution >= 4 is 47.6 Å². The number of rotatable bonds is 8. The largest absolute Gasteiger partial charge is 0.357 e. The fraction of sp³-hybridized carbons (Fsp3) is 0.875. The molecule has 2 unspecified atom stereocenters. The molecule has 0 saturated carbocycles. The average molecular weight is 456 g/mol. The van der Waals surface area contributed by atoms with Crippen molar-refractivity contribution in [2.45, 2.75) is 64.2 Å². The molecular formula is C16H33IN4OS. The maximum absolute atomic E-state index is 11.8. The van der Waals surface area contributed by atoms with Gasteiger partial charge in [-0.2, -0.15) is 11.8 Å². The molecule has 0 aromatic carbocycles. The van der Waals surface area contributed by atoms with E-state index in [1.54, 1.807) is 0 Å². The minimum Gasteiger partial charge on any atom is -0.357 e. The second-order valence-electron chi connectivity index (χ2n) is 6.15. The van der Waals surface area contributed by atoms with E-state index in [1.165, 1.54) is 18.6 Å². The molecule has 1 aliphatic rings. The summed E-state index contributed by atoms with van der Waals surface area (Å²) in [5.74, 6) is 2.15. The van der Waals surface area contributed by atoms with Gasteiger partial charge in [-0.25, -0.2) is 0 Å². The lowest BCUT2D eigenvalue weighted by atomic mass is 10.1. The predicted octanol–water partition coefficient (Wildman–Crippen LogP) is 2.75. The number of carbonyl (C=O) groups excluding carboxylic acids is 1. The predicted molar refractivity (Wildman–Crippen MR) is 112 cm³/mol. The molecule has 0 radical (unpaired) electrons. The monoisotopic (exact) mass is 456 g/mol. The van der Waals surface area contributed by atoms with Crippen LogP contribution in [0.15, 0.2) is 4.99 Å². The van der Waals surface area contributed by atoms with Gasteiger partial charge in [-0.1, -0.05) is 6.92 Å². The van der Waals surface area contributed by atoms with E-state index in [0.717, 1.165) is 25.5 Å². The Kier molecular flexibility index (Phi) is 12.1. The number of amides is 1. The zero-order valence-corrected chi connectivity index (χ0v) is 18.1. The standard InChI is InChI=1S/C16H32N4OS.HI/c1-5-13(3)20-14(21)8-10-18-15(17-6-2)19-12-16(4)9-7-11-22-16;/h13H,5-12H2,1-4H3,(H,20,21)(H2,17,18,19);1H. The number of hydrogen-bond donors (Lipinski definition) is 3. The summed E-state index contributed by atoms with van der Waals surface area (Å²) in [4.78, 5) is 16.4. The highest BCUT2D eigenvalue weighted by Crippen LogP contribution is 2.37. The van der Waals surface area contributed by atoms with E-state index in [-0.39, 0.29) is 40.7 Å². The molecule has 136 valence electrons. The first-order chi connectivity index (χ1) is 10.5. The minimum absolute atomic E-state index is 0. The van der Waals surface area contributed by atoms with Crippen LogP contribution >= 0.6 is 35.7 Å². The smallest absolute Gasteiger partial charge is 0.221 e. The maximum Gasteiger partial charge on any atom is 0.221 e. The molecule has 23 heavy (non-hydrogen) atoms. The van der Waals surface area contributed by atoms with Crippen LogP contribution in [0.5, 0.6) is 0 Å². The van der Waals surface area contributed by atoms with Crippen LogP contribution in [0.1, 0.15) is 53.4 Å². The first kappa shape index (κ1) is 22.8. The molecule has 0 bridgehead atoms. The summed E-state index contributed by atoms with van der Waals surface area (Å²) in [7, 11) is 0. The van der Waals surface area contributed by atoms with Gasteiger partial charge in [-0.05, 0) is 45.8 Å². The molecule has 1 rings (SSSR count). The van der Waals surface area contributed by atoms with Crippen molar-refractivity contribution in [1.82, 2.24) is 16.0 Å². The van der Waals surface area contributed by atoms with Gasteiger partial charge >= 0.3 is 0 Å². The van der Waals surface area contributed by atoms with Crippen LogP contribution in [-0.4, -0.2) is 48.0 Å². The number of guanidine groups is 1. The Morgan fingerprint density at radius 2 is 2.09 bits per heavy atom. The molecule has 1 fully saturated rings. The molecule has 1 heterocycles. The highest BCUT2D eigenvalue weighted by Gasteiger charge is 2.29. The van der Waals surface area contributed by atoms with E-state index in [0.29, 0.717) is 13.0 Å². The Labute approximate surface area is 162 Å². The maximum atomic E-state index is 11.8. The molecule has 3 N–H and O–H groups in total. The lowest BCUT2D eigenvalue weighted by molar-refractivity contribution is -0.121. The fourth-order valence-corrected chi connectivity index (χ4v) is 3.52. The van der Waals surface area contributed by atoms with Crippen LogP contribution in [0, 0.1) is 0 Å². The fourth-order valence-electron chi connectivity index (χ4n) is 2.29. The lowest BCUT2D eigenvalue weighted by Crippen LogP contribution is -2.41. The topological polar surface area (TPSA) is 65.5 Å². The summed E-state index contributed by atoms with van der Waals surface area (Å²) >= 11 is 2.02. The molecule has 1 saturated heterocycles. The van der Waals surface area contributed by atoms with E-state index in [1.807, 2.05) is 18.7 Å². The van der Waals surface area contributed by atoms with Crippen molar-refractivity contribution in [3.05, 3.63) is 0 Å². The molecular weight excluding hydrogens is 423 g/mol. The molecule has 0 aromatic heterocycles. The SMILES string of the molecule is CCNC(=NCC1(C)CCCS1)NCCC(=O)NC(C)CC.I. The van der Waals surface area contributed by atoms with Crippen molar-refractivity contribution < 1.29 is 4.79 Å². The van der Waals surface area contributed by atoms with Gasteiger partial charge in [0.15, 0.2) is 5.96 Å². The Balaban J connectivity index is 0.00000484. The summed E-state index contributed by atoms with van der Waals surface area (Å²) in [6, 6.07) is 0.244. The van der Waals surface area contributed by atoms with Crippen molar-refractivity contribution in [1.29, 1.82) is 0 Å². The van der Waals surface area contributed by atoms with E-state index >= 15 is 0 Å². The molecule has 0 aromatic rings. The molecule has 0 spiro atoms. The third-order valence-corrected chi connectivity index (χ3v) is 5.40. The number of aliphatic imine (C=N–C) groups is 1. The molecule has 1 aliphatic heterocycles. The number of carbonyl (C=O) groups is 1. The quantitative estimate of drug-likeness (QED) is 0.299. The Morgan fingerprint density at radius 3 is 2.65 bits per heavy atom. The Morgan fingerprint density at radius 1 is 1.35 bits per heavy atom. The summed E-state index contributed by atoms with van der Waals surface area (Å²) < 4.78 is 0.274. The number of nitrogens with zero attached hydrogens (tertiary/aromatic N) is 1. The van der Waals surface area contributed by atoms with Crippen molar-refractivity contribution in [2.24, 2.45) is 4.99 Å². The van der Waals surface area contributed by atoms with E-state index < -0.39 is 0 Å². The normalized spacial score (nSPS) is 22.2. The van der Waals surface area contributed by atoms with Crippen molar-refractivity contribution in [2.75, 3.05) is 25.4 Å². The van der Waals surface area contributed by atoms with Crippen LogP contribution in [-0.2, 0) is 4.79 Å². The third-order valence-electron chi connectivity index (χ3n) is 3.88. The third kappa shape index (κ3) is 9.64. The summed E-state index contributed by atoms with van der Waals surface area (Å²) in [5, 5.41) is 9.48. The van der Waals surface area contributed by atoms with E-state index in [4.69, 9.17) is 0 Å². The first-order valence-corrected chi connectivity index (χ1v) is 9.43. The van der Waals surface area contributed by atoms with Crippen LogP contribution in [0.2, 0.25) is 0 Å². The van der Waals surface area contributed by atoms with Crippen molar-refractivity contribution in [3.8, 4) is 0 Å². The van der Waals surface area contributed by atoms with Crippen molar-refractivity contribution in [3.63, 3.8) is 0 Å². The summed E-state index contributed by atoms with van der Waals surface area (Å²) in [6.45, 7) is 10.7. The number of nitrogens with one attached hydrogen (secondary N) is 3. The van der Waals surface area contributed by atoms with Crippen LogP contribution in [0.3, 0.4) is 0 Å². The minimum atomic E-state index is 0. The average Bonchev–Trinajstić information content (AvgIpc) is 2.92.